The number of hydrogen-bond acceptors (Lipinski definition) is 2. The van der Waals surface area contributed by atoms with E-state index >= 15 is 0 Å². The fraction of sp³-hybridized carbons (Fsp3) is 0.529. The van der Waals surface area contributed by atoms with E-state index in [2.05, 4.69) is 12.2 Å². The summed E-state index contributed by atoms with van der Waals surface area (Å²) in [4.78, 5) is 26.2. The van der Waals surface area contributed by atoms with Crippen LogP contribution < -0.4 is 5.32 Å². The molecule has 2 saturated heterocycles. The third kappa shape index (κ3) is 2.80. The average molecular weight is 286 g/mol. The van der Waals surface area contributed by atoms with E-state index in [0.717, 1.165) is 43.5 Å². The van der Waals surface area contributed by atoms with E-state index in [4.69, 9.17) is 0 Å². The van der Waals surface area contributed by atoms with E-state index < -0.39 is 0 Å². The summed E-state index contributed by atoms with van der Waals surface area (Å²) in [5.74, 6) is 0.712. The normalized spacial score (nSPS) is 25.2. The summed E-state index contributed by atoms with van der Waals surface area (Å²) < 4.78 is 0. The van der Waals surface area contributed by atoms with Crippen LogP contribution in [-0.4, -0.2) is 35.8 Å². The molecule has 4 heteroatoms. The Morgan fingerprint density at radius 3 is 2.95 bits per heavy atom. The highest BCUT2D eigenvalue weighted by atomic mass is 16.2. The van der Waals surface area contributed by atoms with E-state index in [9.17, 15) is 9.59 Å². The van der Waals surface area contributed by atoms with Gasteiger partial charge < -0.3 is 10.2 Å². The third-order valence-electron chi connectivity index (χ3n) is 4.74. The molecule has 112 valence electrons. The van der Waals surface area contributed by atoms with Gasteiger partial charge in [-0.1, -0.05) is 25.1 Å². The first-order chi connectivity index (χ1) is 10.2. The van der Waals surface area contributed by atoms with Crippen LogP contribution in [0, 0.1) is 5.92 Å². The molecule has 2 aliphatic heterocycles. The zero-order valence-electron chi connectivity index (χ0n) is 12.5. The molecule has 0 bridgehead atoms. The van der Waals surface area contributed by atoms with Gasteiger partial charge >= 0.3 is 0 Å². The molecule has 0 aromatic heterocycles. The second-order valence-electron chi connectivity index (χ2n) is 6.02. The van der Waals surface area contributed by atoms with E-state index in [0.29, 0.717) is 12.3 Å². The molecule has 4 nitrogen and oxygen atoms in total. The fourth-order valence-electron chi connectivity index (χ4n) is 3.50. The number of nitrogens with one attached hydrogen (secondary N) is 1. The van der Waals surface area contributed by atoms with Crippen LogP contribution in [0.15, 0.2) is 24.3 Å². The molecule has 0 saturated carbocycles. The van der Waals surface area contributed by atoms with Gasteiger partial charge in [0, 0.05) is 31.1 Å². The molecule has 0 aliphatic carbocycles. The molecule has 0 radical (unpaired) electrons. The second kappa shape index (κ2) is 5.88. The highest BCUT2D eigenvalue weighted by Gasteiger charge is 2.35. The molecule has 2 atom stereocenters. The lowest BCUT2D eigenvalue weighted by atomic mass is 9.85. The van der Waals surface area contributed by atoms with Gasteiger partial charge in [0.15, 0.2) is 0 Å². The van der Waals surface area contributed by atoms with E-state index in [1.807, 2.05) is 29.2 Å². The summed E-state index contributed by atoms with van der Waals surface area (Å²) in [7, 11) is 0. The summed E-state index contributed by atoms with van der Waals surface area (Å²) in [6.07, 6.45) is 3.23. The number of likely N-dealkylation sites (tertiary alicyclic amines) is 1. The second-order valence-corrected chi connectivity index (χ2v) is 6.02. The number of piperidine rings is 2. The highest BCUT2D eigenvalue weighted by molar-refractivity contribution is 5.95. The van der Waals surface area contributed by atoms with Crippen molar-refractivity contribution in [3.63, 3.8) is 0 Å². The maximum absolute atomic E-state index is 12.8. The van der Waals surface area contributed by atoms with Gasteiger partial charge in [0.2, 0.25) is 5.91 Å². The number of nitrogens with zero attached hydrogens (tertiary/aromatic N) is 1. The Hall–Kier alpha value is -1.84. The van der Waals surface area contributed by atoms with Gasteiger partial charge in [-0.25, -0.2) is 0 Å². The number of amides is 2. The Balaban J connectivity index is 1.73. The third-order valence-corrected chi connectivity index (χ3v) is 4.74. The first-order valence-corrected chi connectivity index (χ1v) is 7.85. The van der Waals surface area contributed by atoms with E-state index in [-0.39, 0.29) is 17.9 Å². The lowest BCUT2D eigenvalue weighted by Crippen LogP contribution is -2.55. The van der Waals surface area contributed by atoms with Crippen LogP contribution in [0.3, 0.4) is 0 Å². The maximum atomic E-state index is 12.8. The van der Waals surface area contributed by atoms with Gasteiger partial charge in [-0.2, -0.15) is 0 Å². The molecular weight excluding hydrogens is 264 g/mol. The zero-order chi connectivity index (χ0) is 14.8. The molecular formula is C17H22N2O2. The molecule has 2 aliphatic rings. The first-order valence-electron chi connectivity index (χ1n) is 7.85. The molecule has 2 amide bonds. The van der Waals surface area contributed by atoms with Gasteiger partial charge in [-0.05, 0) is 36.8 Å². The summed E-state index contributed by atoms with van der Waals surface area (Å²) >= 11 is 0. The summed E-state index contributed by atoms with van der Waals surface area (Å²) in [6, 6.07) is 8.13. The van der Waals surface area contributed by atoms with Crippen molar-refractivity contribution >= 4 is 11.8 Å². The lowest BCUT2D eigenvalue weighted by molar-refractivity contribution is -0.125. The van der Waals surface area contributed by atoms with Gasteiger partial charge in [0.25, 0.3) is 5.91 Å². The van der Waals surface area contributed by atoms with Crippen LogP contribution in [0.2, 0.25) is 0 Å². The molecule has 2 heterocycles. The summed E-state index contributed by atoms with van der Waals surface area (Å²) in [6.45, 7) is 3.58. The van der Waals surface area contributed by atoms with E-state index in [1.165, 1.54) is 0 Å². The van der Waals surface area contributed by atoms with Crippen LogP contribution in [-0.2, 0) is 11.2 Å². The minimum absolute atomic E-state index is 0.141. The molecule has 2 unspecified atom stereocenters. The molecule has 21 heavy (non-hydrogen) atoms. The quantitative estimate of drug-likeness (QED) is 0.904. The fourth-order valence-corrected chi connectivity index (χ4v) is 3.50. The SMILES string of the molecule is CCc1ccccc1C(=O)N1CCC2NC(=O)CCC2C1. The number of fused-ring (bicyclic) bond motifs is 1. The highest BCUT2D eigenvalue weighted by Crippen LogP contribution is 2.26. The number of carbonyl (C=O) groups is 2. The number of benzene rings is 1. The predicted molar refractivity (Wildman–Crippen MR) is 81.0 cm³/mol. The lowest BCUT2D eigenvalue weighted by Gasteiger charge is -2.41. The molecule has 2 fully saturated rings. The first kappa shape index (κ1) is 14.1. The van der Waals surface area contributed by atoms with Crippen molar-refractivity contribution < 1.29 is 9.59 Å². The van der Waals surface area contributed by atoms with Crippen molar-refractivity contribution in [2.24, 2.45) is 5.92 Å². The van der Waals surface area contributed by atoms with Crippen LogP contribution in [0.5, 0.6) is 0 Å². The Bertz CT molecular complexity index is 555. The van der Waals surface area contributed by atoms with Gasteiger partial charge in [-0.15, -0.1) is 0 Å². The van der Waals surface area contributed by atoms with Crippen molar-refractivity contribution in [2.45, 2.75) is 38.6 Å². The zero-order valence-corrected chi connectivity index (χ0v) is 12.5. The predicted octanol–water partition coefficient (Wildman–Crippen LogP) is 1.99. The average Bonchev–Trinajstić information content (AvgIpc) is 2.53. The molecule has 1 aromatic rings. The number of carbonyl (C=O) groups excluding carboxylic acids is 2. The van der Waals surface area contributed by atoms with Crippen LogP contribution in [0.4, 0.5) is 0 Å². The number of hydrogen-bond donors (Lipinski definition) is 1. The van der Waals surface area contributed by atoms with Crippen molar-refractivity contribution in [3.8, 4) is 0 Å². The smallest absolute Gasteiger partial charge is 0.254 e. The largest absolute Gasteiger partial charge is 0.353 e. The van der Waals surface area contributed by atoms with Gasteiger partial charge in [-0.3, -0.25) is 9.59 Å². The van der Waals surface area contributed by atoms with Crippen molar-refractivity contribution in [1.29, 1.82) is 0 Å². The molecule has 0 spiro atoms. The number of rotatable bonds is 2. The summed E-state index contributed by atoms with van der Waals surface area (Å²) in [5, 5.41) is 3.06. The van der Waals surface area contributed by atoms with Gasteiger partial charge in [0.1, 0.15) is 0 Å². The van der Waals surface area contributed by atoms with Crippen molar-refractivity contribution in [3.05, 3.63) is 35.4 Å². The van der Waals surface area contributed by atoms with E-state index in [1.54, 1.807) is 0 Å². The maximum Gasteiger partial charge on any atom is 0.254 e. The molecule has 1 N–H and O–H groups in total. The summed E-state index contributed by atoms with van der Waals surface area (Å²) in [5.41, 5.74) is 1.94. The minimum atomic E-state index is 0.141. The Labute approximate surface area is 125 Å². The van der Waals surface area contributed by atoms with Gasteiger partial charge in [0.05, 0.1) is 0 Å². The van der Waals surface area contributed by atoms with Crippen LogP contribution in [0.1, 0.15) is 42.1 Å². The Morgan fingerprint density at radius 1 is 1.33 bits per heavy atom. The van der Waals surface area contributed by atoms with Crippen molar-refractivity contribution in [2.75, 3.05) is 13.1 Å². The minimum Gasteiger partial charge on any atom is -0.353 e. The van der Waals surface area contributed by atoms with Crippen LogP contribution in [0.25, 0.3) is 0 Å². The molecule has 1 aromatic carbocycles. The Morgan fingerprint density at radius 2 is 2.14 bits per heavy atom. The van der Waals surface area contributed by atoms with Crippen LogP contribution >= 0.6 is 0 Å². The Kier molecular flexibility index (Phi) is 3.95. The number of aryl methyl sites for hydroxylation is 1. The van der Waals surface area contributed by atoms with Crippen molar-refractivity contribution in [1.82, 2.24) is 10.2 Å². The topological polar surface area (TPSA) is 49.4 Å². The molecule has 3 rings (SSSR count). The standard InChI is InChI=1S/C17H22N2O2/c1-2-12-5-3-4-6-14(12)17(21)19-10-9-15-13(11-19)7-8-16(20)18-15/h3-6,13,15H,2,7-11H2,1H3,(H,18,20). The monoisotopic (exact) mass is 286 g/mol.